The van der Waals surface area contributed by atoms with E-state index in [-0.39, 0.29) is 11.9 Å². The van der Waals surface area contributed by atoms with Gasteiger partial charge in [-0.2, -0.15) is 5.10 Å². The molecular weight excluding hydrogens is 272 g/mol. The third-order valence-corrected chi connectivity index (χ3v) is 3.04. The van der Waals surface area contributed by atoms with Crippen LogP contribution in [0.1, 0.15) is 37.2 Å². The van der Waals surface area contributed by atoms with Gasteiger partial charge in [0.1, 0.15) is 11.8 Å². The molecule has 16 heavy (non-hydrogen) atoms. The fourth-order valence-corrected chi connectivity index (χ4v) is 2.11. The number of hydrogen-bond donors (Lipinski definition) is 0. The largest absolute Gasteiger partial charge is 0.373 e. The normalized spacial score (nSPS) is 12.8. The van der Waals surface area contributed by atoms with Crippen LogP contribution in [0.15, 0.2) is 10.7 Å². The highest BCUT2D eigenvalue weighted by atomic mass is 79.9. The molecular formula is C11H17BrN2O2. The highest BCUT2D eigenvalue weighted by molar-refractivity contribution is 9.10. The average Bonchev–Trinajstić information content (AvgIpc) is 2.66. The number of carbonyl (C=O) groups excluding carboxylic acids is 1. The van der Waals surface area contributed by atoms with Gasteiger partial charge in [0.25, 0.3) is 0 Å². The molecule has 0 radical (unpaired) electrons. The molecule has 0 spiro atoms. The molecule has 0 aliphatic carbocycles. The van der Waals surface area contributed by atoms with Gasteiger partial charge in [0.15, 0.2) is 0 Å². The Morgan fingerprint density at radius 1 is 1.62 bits per heavy atom. The minimum atomic E-state index is -0.372. The first-order valence-corrected chi connectivity index (χ1v) is 6.23. The van der Waals surface area contributed by atoms with E-state index in [1.807, 2.05) is 13.8 Å². The first-order chi connectivity index (χ1) is 7.65. The van der Waals surface area contributed by atoms with Crippen molar-refractivity contribution in [3.05, 3.63) is 16.4 Å². The standard InChI is InChI=1S/C11H17BrN2O2/c1-4-6-9(16-3)11(15)10-8(12)7-13-14(10)5-2/h7,9H,4-6H2,1-3H3. The van der Waals surface area contributed by atoms with Gasteiger partial charge in [-0.15, -0.1) is 0 Å². The molecule has 1 atom stereocenters. The van der Waals surface area contributed by atoms with Gasteiger partial charge in [-0.1, -0.05) is 13.3 Å². The van der Waals surface area contributed by atoms with Crippen LogP contribution in [-0.2, 0) is 11.3 Å². The summed E-state index contributed by atoms with van der Waals surface area (Å²) in [6, 6.07) is 0. The van der Waals surface area contributed by atoms with Crippen LogP contribution < -0.4 is 0 Å². The van der Waals surface area contributed by atoms with Crippen molar-refractivity contribution in [1.82, 2.24) is 9.78 Å². The molecule has 0 saturated carbocycles. The number of methoxy groups -OCH3 is 1. The van der Waals surface area contributed by atoms with Crippen molar-refractivity contribution in [1.29, 1.82) is 0 Å². The van der Waals surface area contributed by atoms with Crippen molar-refractivity contribution in [2.45, 2.75) is 39.3 Å². The molecule has 0 aliphatic rings. The maximum atomic E-state index is 12.2. The number of halogens is 1. The molecule has 90 valence electrons. The maximum Gasteiger partial charge on any atom is 0.210 e. The topological polar surface area (TPSA) is 44.1 Å². The zero-order valence-electron chi connectivity index (χ0n) is 9.86. The van der Waals surface area contributed by atoms with E-state index in [4.69, 9.17) is 4.74 Å². The quantitative estimate of drug-likeness (QED) is 0.756. The third-order valence-electron chi connectivity index (χ3n) is 2.46. The Balaban J connectivity index is 2.97. The van der Waals surface area contributed by atoms with Crippen LogP contribution in [0.5, 0.6) is 0 Å². The number of ether oxygens (including phenoxy) is 1. The smallest absolute Gasteiger partial charge is 0.210 e. The minimum Gasteiger partial charge on any atom is -0.373 e. The van der Waals surface area contributed by atoms with Gasteiger partial charge in [0, 0.05) is 13.7 Å². The van der Waals surface area contributed by atoms with Crippen LogP contribution in [-0.4, -0.2) is 28.8 Å². The molecule has 0 aliphatic heterocycles. The molecule has 1 rings (SSSR count). The molecule has 1 aromatic heterocycles. The summed E-state index contributed by atoms with van der Waals surface area (Å²) in [5.74, 6) is -0.00410. The van der Waals surface area contributed by atoms with E-state index in [0.717, 1.165) is 17.3 Å². The van der Waals surface area contributed by atoms with E-state index in [1.165, 1.54) is 0 Å². The molecule has 0 amide bonds. The Bertz CT molecular complexity index is 363. The van der Waals surface area contributed by atoms with E-state index < -0.39 is 0 Å². The van der Waals surface area contributed by atoms with Crippen LogP contribution in [0.4, 0.5) is 0 Å². The third kappa shape index (κ3) is 2.71. The summed E-state index contributed by atoms with van der Waals surface area (Å²) >= 11 is 3.35. The van der Waals surface area contributed by atoms with Crippen LogP contribution in [0, 0.1) is 0 Å². The summed E-state index contributed by atoms with van der Waals surface area (Å²) in [4.78, 5) is 12.2. The van der Waals surface area contributed by atoms with E-state index in [1.54, 1.807) is 18.0 Å². The second kappa shape index (κ2) is 6.15. The molecule has 0 bridgehead atoms. The van der Waals surface area contributed by atoms with Gasteiger partial charge in [-0.25, -0.2) is 0 Å². The fraction of sp³-hybridized carbons (Fsp3) is 0.636. The lowest BCUT2D eigenvalue weighted by atomic mass is 10.1. The lowest BCUT2D eigenvalue weighted by Crippen LogP contribution is -2.26. The highest BCUT2D eigenvalue weighted by Crippen LogP contribution is 2.20. The highest BCUT2D eigenvalue weighted by Gasteiger charge is 2.24. The predicted molar refractivity (Wildman–Crippen MR) is 65.6 cm³/mol. The number of aryl methyl sites for hydroxylation is 1. The van der Waals surface area contributed by atoms with E-state index in [0.29, 0.717) is 12.2 Å². The summed E-state index contributed by atoms with van der Waals surface area (Å²) in [6.45, 7) is 4.67. The first kappa shape index (κ1) is 13.4. The second-order valence-corrected chi connectivity index (χ2v) is 4.39. The molecule has 5 heteroatoms. The molecule has 0 N–H and O–H groups in total. The lowest BCUT2D eigenvalue weighted by molar-refractivity contribution is 0.0567. The van der Waals surface area contributed by atoms with Crippen molar-refractivity contribution in [2.24, 2.45) is 0 Å². The number of Topliss-reactive ketones (excluding diaryl/α,β-unsaturated/α-hetero) is 1. The van der Waals surface area contributed by atoms with Crippen LogP contribution >= 0.6 is 15.9 Å². The van der Waals surface area contributed by atoms with Crippen molar-refractivity contribution >= 4 is 21.7 Å². The maximum absolute atomic E-state index is 12.2. The van der Waals surface area contributed by atoms with Crippen molar-refractivity contribution in [2.75, 3.05) is 7.11 Å². The summed E-state index contributed by atoms with van der Waals surface area (Å²) in [6.07, 6.45) is 2.93. The molecule has 1 unspecified atom stereocenters. The Morgan fingerprint density at radius 3 is 2.81 bits per heavy atom. The van der Waals surface area contributed by atoms with Gasteiger partial charge < -0.3 is 4.74 Å². The Kier molecular flexibility index (Phi) is 5.15. The van der Waals surface area contributed by atoms with E-state index in [2.05, 4.69) is 21.0 Å². The summed E-state index contributed by atoms with van der Waals surface area (Å²) in [5, 5.41) is 4.13. The number of carbonyl (C=O) groups is 1. The number of rotatable bonds is 6. The van der Waals surface area contributed by atoms with Gasteiger partial charge in [-0.05, 0) is 29.3 Å². The molecule has 1 heterocycles. The van der Waals surface area contributed by atoms with Gasteiger partial charge in [0.2, 0.25) is 5.78 Å². The second-order valence-electron chi connectivity index (χ2n) is 3.53. The number of aromatic nitrogens is 2. The van der Waals surface area contributed by atoms with Crippen LogP contribution in [0.3, 0.4) is 0 Å². The van der Waals surface area contributed by atoms with Crippen molar-refractivity contribution < 1.29 is 9.53 Å². The Labute approximate surface area is 104 Å². The predicted octanol–water partition coefficient (Wildman–Crippen LogP) is 2.66. The van der Waals surface area contributed by atoms with Crippen LogP contribution in [0.2, 0.25) is 0 Å². The van der Waals surface area contributed by atoms with Gasteiger partial charge in [0.05, 0.1) is 10.7 Å². The number of nitrogens with zero attached hydrogens (tertiary/aromatic N) is 2. The zero-order valence-corrected chi connectivity index (χ0v) is 11.5. The molecule has 0 fully saturated rings. The number of ketones is 1. The average molecular weight is 289 g/mol. The fourth-order valence-electron chi connectivity index (χ4n) is 1.62. The Hall–Kier alpha value is -0.680. The van der Waals surface area contributed by atoms with E-state index in [9.17, 15) is 4.79 Å². The first-order valence-electron chi connectivity index (χ1n) is 5.43. The minimum absolute atomic E-state index is 0.00410. The zero-order chi connectivity index (χ0) is 12.1. The van der Waals surface area contributed by atoms with Gasteiger partial charge >= 0.3 is 0 Å². The van der Waals surface area contributed by atoms with Gasteiger partial charge in [-0.3, -0.25) is 9.48 Å². The Morgan fingerprint density at radius 2 is 2.31 bits per heavy atom. The van der Waals surface area contributed by atoms with Crippen LogP contribution in [0.25, 0.3) is 0 Å². The molecule has 0 aromatic carbocycles. The summed E-state index contributed by atoms with van der Waals surface area (Å²) in [7, 11) is 1.57. The monoisotopic (exact) mass is 288 g/mol. The number of hydrogen-bond acceptors (Lipinski definition) is 3. The molecule has 1 aromatic rings. The van der Waals surface area contributed by atoms with E-state index >= 15 is 0 Å². The van der Waals surface area contributed by atoms with Crippen molar-refractivity contribution in [3.8, 4) is 0 Å². The molecule has 0 saturated heterocycles. The SMILES string of the molecule is CCCC(OC)C(=O)c1c(Br)cnn1CC. The summed E-state index contributed by atoms with van der Waals surface area (Å²) in [5.41, 5.74) is 0.600. The van der Waals surface area contributed by atoms with Crippen molar-refractivity contribution in [3.63, 3.8) is 0 Å². The lowest BCUT2D eigenvalue weighted by Gasteiger charge is -2.14. The molecule has 4 nitrogen and oxygen atoms in total. The summed E-state index contributed by atoms with van der Waals surface area (Å²) < 4.78 is 7.64.